The van der Waals surface area contributed by atoms with Crippen LogP contribution in [-0.2, 0) is 63.3 Å². The average Bonchev–Trinajstić information content (AvgIpc) is 1.81. The summed E-state index contributed by atoms with van der Waals surface area (Å²) >= 11 is 18.8. The van der Waals surface area contributed by atoms with Crippen LogP contribution in [0.15, 0.2) is 0 Å². The number of hydrogen-bond acceptors (Lipinski definition) is 0. The minimum atomic E-state index is 0. The SMILES string of the molecule is [Au+3].[Cu-]=[Se].[Cu-]=[Se].[Cu-]=[Se]. The van der Waals surface area contributed by atoms with Crippen molar-refractivity contribution >= 4 is 41.0 Å². The Morgan fingerprint density at radius 2 is 0.571 bits per heavy atom. The monoisotopic (exact) mass is 626 g/mol. The van der Waals surface area contributed by atoms with Gasteiger partial charge < -0.3 is 0 Å². The molecule has 0 bridgehead atoms. The second-order valence-corrected chi connectivity index (χ2v) is 0. The Labute approximate surface area is 102 Å². The van der Waals surface area contributed by atoms with Gasteiger partial charge in [-0.3, -0.25) is 0 Å². The van der Waals surface area contributed by atoms with Gasteiger partial charge in [0, 0.05) is 0 Å². The molecule has 0 spiro atoms. The van der Waals surface area contributed by atoms with Crippen LogP contribution in [-0.4, -0.2) is 41.0 Å². The van der Waals surface area contributed by atoms with Gasteiger partial charge in [-0.1, -0.05) is 0 Å². The Morgan fingerprint density at radius 1 is 0.571 bits per heavy atom. The molecule has 7 heavy (non-hydrogen) atoms. The van der Waals surface area contributed by atoms with Crippen LogP contribution in [0.25, 0.3) is 0 Å². The molecule has 62 valence electrons. The Balaban J connectivity index is -0.00000000900. The second-order valence-electron chi connectivity index (χ2n) is 0. The van der Waals surface area contributed by atoms with Crippen LogP contribution in [0.3, 0.4) is 0 Å². The zero-order valence-electron chi connectivity index (χ0n) is 2.43. The average molecular weight is 624 g/mol. The van der Waals surface area contributed by atoms with Gasteiger partial charge in [-0.25, -0.2) is 0 Å². The van der Waals surface area contributed by atoms with Crippen molar-refractivity contribution in [1.29, 1.82) is 0 Å². The van der Waals surface area contributed by atoms with Gasteiger partial charge >= 0.3 is 104 Å². The van der Waals surface area contributed by atoms with Gasteiger partial charge in [-0.15, -0.1) is 0 Å². The van der Waals surface area contributed by atoms with Crippen molar-refractivity contribution in [2.24, 2.45) is 0 Å². The maximum absolute atomic E-state index is 4.06. The molecule has 0 saturated heterocycles. The molecule has 0 heterocycles. The van der Waals surface area contributed by atoms with Gasteiger partial charge in [-0.05, 0) is 0 Å². The molecule has 0 aromatic heterocycles. The summed E-state index contributed by atoms with van der Waals surface area (Å²) < 4.78 is 0. The molecule has 0 nitrogen and oxygen atoms in total. The first-order valence-electron chi connectivity index (χ1n) is 0.369. The Hall–Kier alpha value is 3.86. The first-order valence-corrected chi connectivity index (χ1v) is 7.91. The first kappa shape index (κ1) is 22.4. The summed E-state index contributed by atoms with van der Waals surface area (Å²) in [6.07, 6.45) is 0. The quantitative estimate of drug-likeness (QED) is 0.299. The third kappa shape index (κ3) is 40.9. The van der Waals surface area contributed by atoms with Crippen molar-refractivity contribution in [3.63, 3.8) is 0 Å². The molecule has 0 saturated carbocycles. The van der Waals surface area contributed by atoms with Gasteiger partial charge in [0.2, 0.25) is 0 Å². The van der Waals surface area contributed by atoms with Gasteiger partial charge in [0.15, 0.2) is 0 Å². The van der Waals surface area contributed by atoms with Crippen LogP contribution in [0.5, 0.6) is 0 Å². The van der Waals surface area contributed by atoms with Crippen LogP contribution in [0.4, 0.5) is 0 Å². The van der Waals surface area contributed by atoms with E-state index in [4.69, 9.17) is 0 Å². The third-order valence-corrected chi connectivity index (χ3v) is 0. The van der Waals surface area contributed by atoms with E-state index in [1.807, 2.05) is 0 Å². The predicted octanol–water partition coefficient (Wildman–Crippen LogP) is -1.15. The molecule has 0 atom stereocenters. The summed E-state index contributed by atoms with van der Waals surface area (Å²) in [7, 11) is 0. The fourth-order valence-electron chi connectivity index (χ4n) is 0. The first-order chi connectivity index (χ1) is 3.00. The number of rotatable bonds is 0. The molecule has 0 aromatic carbocycles. The summed E-state index contributed by atoms with van der Waals surface area (Å²) in [5.41, 5.74) is 0. The van der Waals surface area contributed by atoms with Crippen molar-refractivity contribution in [1.82, 2.24) is 0 Å². The second kappa shape index (κ2) is 52.0. The van der Waals surface area contributed by atoms with E-state index in [9.17, 15) is 0 Å². The predicted molar refractivity (Wildman–Crippen MR) is 17.3 cm³/mol. The standard InChI is InChI=1S/Au.3Cu.3Se/q+3;3*-1;;;. The molecule has 0 N–H and O–H groups in total. The topological polar surface area (TPSA) is 0 Å². The summed E-state index contributed by atoms with van der Waals surface area (Å²) in [6.45, 7) is 0. The molecule has 0 fully saturated rings. The van der Waals surface area contributed by atoms with Crippen molar-refractivity contribution in [2.45, 2.75) is 0 Å². The number of hydrogen-bond donors (Lipinski definition) is 0. The fourth-order valence-corrected chi connectivity index (χ4v) is 0. The normalized spacial score (nSPS) is 2.57. The van der Waals surface area contributed by atoms with E-state index in [1.54, 1.807) is 0 Å². The van der Waals surface area contributed by atoms with Crippen molar-refractivity contribution in [2.75, 3.05) is 0 Å². The molecule has 0 unspecified atom stereocenters. The van der Waals surface area contributed by atoms with E-state index in [0.29, 0.717) is 0 Å². The van der Waals surface area contributed by atoms with Crippen LogP contribution >= 0.6 is 0 Å². The molecule has 0 rings (SSSR count). The van der Waals surface area contributed by atoms with Crippen molar-refractivity contribution in [3.05, 3.63) is 0 Å². The summed E-state index contributed by atoms with van der Waals surface area (Å²) in [6, 6.07) is 0. The molecule has 0 aromatic rings. The van der Waals surface area contributed by atoms with Gasteiger partial charge in [0.25, 0.3) is 0 Å². The third-order valence-electron chi connectivity index (χ3n) is 0. The molecule has 0 aliphatic carbocycles. The van der Waals surface area contributed by atoms with E-state index in [0.717, 1.165) is 0 Å². The van der Waals surface area contributed by atoms with E-state index in [1.165, 1.54) is 0 Å². The van der Waals surface area contributed by atoms with Gasteiger partial charge in [0.1, 0.15) is 0 Å². The summed E-state index contributed by atoms with van der Waals surface area (Å²) in [4.78, 5) is 0. The van der Waals surface area contributed by atoms with E-state index in [2.05, 4.69) is 81.9 Å². The zero-order valence-corrected chi connectivity index (χ0v) is 12.6. The Morgan fingerprint density at radius 3 is 0.571 bits per heavy atom. The molecular weight excluding hydrogens is 624 g/mol. The molecule has 7 heteroatoms. The maximum atomic E-state index is 4.06. The van der Waals surface area contributed by atoms with Crippen molar-refractivity contribution < 1.29 is 63.3 Å². The minimum absolute atomic E-state index is 0. The van der Waals surface area contributed by atoms with Gasteiger partial charge in [-0.2, -0.15) is 0 Å². The Kier molecular flexibility index (Phi) is 167. The molecule has 0 amide bonds. The van der Waals surface area contributed by atoms with E-state index in [-0.39, 0.29) is 22.4 Å². The molecular formula is AuCu3Se3. The van der Waals surface area contributed by atoms with Gasteiger partial charge in [0.05, 0.1) is 0 Å². The van der Waals surface area contributed by atoms with Crippen LogP contribution in [0.1, 0.15) is 0 Å². The molecule has 0 aliphatic rings. The fraction of sp³-hybridized carbons (Fsp3) is 0. The van der Waals surface area contributed by atoms with Crippen LogP contribution in [0.2, 0.25) is 0 Å². The molecule has 0 radical (unpaired) electrons. The van der Waals surface area contributed by atoms with Crippen LogP contribution in [0, 0.1) is 0 Å². The summed E-state index contributed by atoms with van der Waals surface area (Å²) in [5.74, 6) is 0. The van der Waals surface area contributed by atoms with E-state index < -0.39 is 0 Å². The Bertz CT molecular complexity index is 14.9. The van der Waals surface area contributed by atoms with Crippen molar-refractivity contribution in [3.8, 4) is 0 Å². The van der Waals surface area contributed by atoms with E-state index >= 15 is 0 Å². The summed E-state index contributed by atoms with van der Waals surface area (Å²) in [5, 5.41) is 0. The van der Waals surface area contributed by atoms with Crippen LogP contribution < -0.4 is 0 Å². The molecule has 0 aliphatic heterocycles. The zero-order chi connectivity index (χ0) is 6.00.